The van der Waals surface area contributed by atoms with Gasteiger partial charge in [-0.05, 0) is 49.4 Å². The predicted octanol–water partition coefficient (Wildman–Crippen LogP) is 2.37. The molecule has 0 saturated carbocycles. The first-order valence-electron chi connectivity index (χ1n) is 14.8. The van der Waals surface area contributed by atoms with Crippen LogP contribution >= 0.6 is 0 Å². The first-order chi connectivity index (χ1) is 21.4. The number of piperazine rings is 1. The topological polar surface area (TPSA) is 140 Å². The van der Waals surface area contributed by atoms with E-state index in [1.807, 2.05) is 12.1 Å². The van der Waals surface area contributed by atoms with Crippen LogP contribution in [0.5, 0.6) is 5.75 Å². The third-order valence-electron chi connectivity index (χ3n) is 8.44. The molecule has 13 heteroatoms. The number of anilines is 3. The van der Waals surface area contributed by atoms with Gasteiger partial charge in [0.15, 0.2) is 12.0 Å². The Bertz CT molecular complexity index is 1520. The highest BCUT2D eigenvalue weighted by atomic mass is 19.1. The Morgan fingerprint density at radius 2 is 1.98 bits per heavy atom. The van der Waals surface area contributed by atoms with Crippen LogP contribution in [0.3, 0.4) is 0 Å². The lowest BCUT2D eigenvalue weighted by Gasteiger charge is -2.47. The lowest BCUT2D eigenvalue weighted by Crippen LogP contribution is -2.60. The van der Waals surface area contributed by atoms with Crippen molar-refractivity contribution < 1.29 is 23.8 Å². The van der Waals surface area contributed by atoms with Crippen LogP contribution in [0.2, 0.25) is 0 Å². The standard InChI is InChI=1S/C31H35FN8O4/c1-20-14-38(10-11-40(20)25-17-43-18-25)24-5-3-23(4-6-24)36-31-35-19-34-30(37-31)21-2-7-27(22(12-21)13-33)44-28-8-9-39(15-26(28)32)29(42)16-41/h2-7,12,19-20,25-26,28,41H,8-11,14-18H2,1H3,(H,34,35,36,37)/t20-,26-,28-/m0/s1. The summed E-state index contributed by atoms with van der Waals surface area (Å²) in [4.78, 5) is 31.0. The minimum absolute atomic E-state index is 0.167. The van der Waals surface area contributed by atoms with Crippen molar-refractivity contribution in [3.8, 4) is 23.2 Å². The monoisotopic (exact) mass is 602 g/mol. The van der Waals surface area contributed by atoms with Gasteiger partial charge in [-0.15, -0.1) is 0 Å². The number of piperidine rings is 1. The zero-order valence-corrected chi connectivity index (χ0v) is 24.5. The van der Waals surface area contributed by atoms with Crippen LogP contribution in [-0.4, -0.2) is 113 Å². The van der Waals surface area contributed by atoms with Gasteiger partial charge in [0.1, 0.15) is 30.9 Å². The van der Waals surface area contributed by atoms with Crippen LogP contribution in [0.4, 0.5) is 21.7 Å². The molecule has 3 saturated heterocycles. The number of ether oxygens (including phenoxy) is 2. The SMILES string of the molecule is C[C@H]1CN(c2ccc(Nc3ncnc(-c4ccc(O[C@H]5CCN(C(=O)CO)C[C@@H]5F)c(C#N)c4)n3)cc2)CCN1C1COC1. The average molecular weight is 603 g/mol. The molecule has 0 radical (unpaired) electrons. The van der Waals surface area contributed by atoms with Crippen molar-refractivity contribution in [2.45, 2.75) is 37.7 Å². The average Bonchev–Trinajstić information content (AvgIpc) is 3.02. The summed E-state index contributed by atoms with van der Waals surface area (Å²) in [5.41, 5.74) is 2.79. The molecule has 2 aromatic carbocycles. The minimum Gasteiger partial charge on any atom is -0.486 e. The zero-order chi connectivity index (χ0) is 30.6. The number of aliphatic hydroxyl groups excluding tert-OH is 1. The van der Waals surface area contributed by atoms with Gasteiger partial charge in [0, 0.05) is 55.6 Å². The minimum atomic E-state index is -1.45. The third kappa shape index (κ3) is 6.42. The highest BCUT2D eigenvalue weighted by Crippen LogP contribution is 2.29. The molecule has 2 N–H and O–H groups in total. The number of nitrogens with one attached hydrogen (secondary N) is 1. The van der Waals surface area contributed by atoms with E-state index in [1.54, 1.807) is 18.2 Å². The Morgan fingerprint density at radius 1 is 1.16 bits per heavy atom. The largest absolute Gasteiger partial charge is 0.486 e. The predicted molar refractivity (Wildman–Crippen MR) is 160 cm³/mol. The number of benzene rings is 2. The van der Waals surface area contributed by atoms with E-state index in [0.717, 1.165) is 44.2 Å². The number of aliphatic hydroxyl groups is 1. The van der Waals surface area contributed by atoms with E-state index in [-0.39, 0.29) is 30.8 Å². The Balaban J connectivity index is 1.08. The molecule has 6 rings (SSSR count). The Morgan fingerprint density at radius 3 is 2.66 bits per heavy atom. The second-order valence-electron chi connectivity index (χ2n) is 11.3. The van der Waals surface area contributed by atoms with Gasteiger partial charge in [0.2, 0.25) is 11.9 Å². The number of likely N-dealkylation sites (tertiary alicyclic amines) is 1. The van der Waals surface area contributed by atoms with Crippen LogP contribution in [-0.2, 0) is 9.53 Å². The summed E-state index contributed by atoms with van der Waals surface area (Å²) in [5.74, 6) is 0.447. The number of hydrogen-bond acceptors (Lipinski definition) is 11. The van der Waals surface area contributed by atoms with Gasteiger partial charge < -0.3 is 29.7 Å². The molecule has 0 spiro atoms. The molecule has 1 aromatic heterocycles. The van der Waals surface area contributed by atoms with Gasteiger partial charge in [0.25, 0.3) is 0 Å². The molecule has 3 fully saturated rings. The quantitative estimate of drug-likeness (QED) is 0.393. The zero-order valence-electron chi connectivity index (χ0n) is 24.5. The van der Waals surface area contributed by atoms with Gasteiger partial charge in [-0.1, -0.05) is 0 Å². The summed E-state index contributed by atoms with van der Waals surface area (Å²) in [6.07, 6.45) is -0.614. The van der Waals surface area contributed by atoms with E-state index in [4.69, 9.17) is 14.6 Å². The number of carbonyl (C=O) groups is 1. The van der Waals surface area contributed by atoms with Crippen molar-refractivity contribution in [2.24, 2.45) is 0 Å². The van der Waals surface area contributed by atoms with Gasteiger partial charge in [-0.2, -0.15) is 10.2 Å². The van der Waals surface area contributed by atoms with Crippen LogP contribution in [0.1, 0.15) is 18.9 Å². The summed E-state index contributed by atoms with van der Waals surface area (Å²) in [6.45, 7) is 6.34. The van der Waals surface area contributed by atoms with E-state index in [2.05, 4.69) is 55.2 Å². The summed E-state index contributed by atoms with van der Waals surface area (Å²) >= 11 is 0. The summed E-state index contributed by atoms with van der Waals surface area (Å²) < 4.78 is 26.0. The van der Waals surface area contributed by atoms with E-state index in [9.17, 15) is 14.4 Å². The molecule has 0 unspecified atom stereocenters. The van der Waals surface area contributed by atoms with Gasteiger partial charge in [-0.25, -0.2) is 14.4 Å². The number of amides is 1. The van der Waals surface area contributed by atoms with Crippen molar-refractivity contribution in [2.75, 3.05) is 62.8 Å². The highest BCUT2D eigenvalue weighted by Gasteiger charge is 2.34. The number of nitriles is 1. The van der Waals surface area contributed by atoms with Crippen molar-refractivity contribution in [3.05, 3.63) is 54.4 Å². The fourth-order valence-corrected chi connectivity index (χ4v) is 5.91. The first-order valence-corrected chi connectivity index (χ1v) is 14.8. The Kier molecular flexibility index (Phi) is 8.83. The lowest BCUT2D eigenvalue weighted by atomic mass is 10.0. The lowest BCUT2D eigenvalue weighted by molar-refractivity contribution is -0.138. The molecule has 3 aromatic rings. The molecular formula is C31H35FN8O4. The number of halogens is 1. The van der Waals surface area contributed by atoms with Crippen LogP contribution < -0.4 is 15.0 Å². The molecular weight excluding hydrogens is 567 g/mol. The van der Waals surface area contributed by atoms with Crippen LogP contribution in [0.15, 0.2) is 48.8 Å². The highest BCUT2D eigenvalue weighted by molar-refractivity contribution is 5.77. The maximum atomic E-state index is 14.7. The van der Waals surface area contributed by atoms with Gasteiger partial charge in [-0.3, -0.25) is 9.69 Å². The maximum Gasteiger partial charge on any atom is 0.248 e. The number of carbonyl (C=O) groups excluding carboxylic acids is 1. The number of aromatic nitrogens is 3. The number of hydrogen-bond donors (Lipinski definition) is 2. The number of nitrogens with zero attached hydrogens (tertiary/aromatic N) is 7. The fourth-order valence-electron chi connectivity index (χ4n) is 5.91. The van der Waals surface area contributed by atoms with E-state index in [0.29, 0.717) is 29.4 Å². The molecule has 3 aliphatic heterocycles. The molecule has 4 heterocycles. The van der Waals surface area contributed by atoms with E-state index >= 15 is 0 Å². The number of alkyl halides is 1. The molecule has 44 heavy (non-hydrogen) atoms. The van der Waals surface area contributed by atoms with Gasteiger partial charge in [0.05, 0.1) is 31.4 Å². The molecule has 12 nitrogen and oxygen atoms in total. The van der Waals surface area contributed by atoms with Crippen molar-refractivity contribution in [1.82, 2.24) is 24.8 Å². The molecule has 3 aliphatic rings. The fraction of sp³-hybridized carbons (Fsp3) is 0.452. The van der Waals surface area contributed by atoms with Gasteiger partial charge >= 0.3 is 0 Å². The Labute approximate surface area is 255 Å². The third-order valence-corrected chi connectivity index (χ3v) is 8.44. The van der Waals surface area contributed by atoms with Crippen LogP contribution in [0, 0.1) is 11.3 Å². The normalized spacial score (nSPS) is 22.6. The molecule has 0 bridgehead atoms. The molecule has 1 amide bonds. The van der Waals surface area contributed by atoms with Crippen LogP contribution in [0.25, 0.3) is 11.4 Å². The van der Waals surface area contributed by atoms with E-state index in [1.165, 1.54) is 11.2 Å². The van der Waals surface area contributed by atoms with E-state index < -0.39 is 24.8 Å². The van der Waals surface area contributed by atoms with Crippen molar-refractivity contribution >= 4 is 23.2 Å². The second-order valence-corrected chi connectivity index (χ2v) is 11.3. The summed E-state index contributed by atoms with van der Waals surface area (Å²) in [6, 6.07) is 16.2. The smallest absolute Gasteiger partial charge is 0.248 e. The summed E-state index contributed by atoms with van der Waals surface area (Å²) in [5, 5.41) is 22.0. The Hall–Kier alpha value is -4.38. The second kappa shape index (κ2) is 13.1. The summed E-state index contributed by atoms with van der Waals surface area (Å²) in [7, 11) is 0. The maximum absolute atomic E-state index is 14.7. The van der Waals surface area contributed by atoms with Crippen molar-refractivity contribution in [1.29, 1.82) is 5.26 Å². The number of rotatable bonds is 8. The molecule has 0 aliphatic carbocycles. The molecule has 3 atom stereocenters. The van der Waals surface area contributed by atoms with Crippen molar-refractivity contribution in [3.63, 3.8) is 0 Å². The first kappa shape index (κ1) is 29.7. The molecule has 230 valence electrons.